The van der Waals surface area contributed by atoms with Crippen molar-refractivity contribution in [3.63, 3.8) is 0 Å². The van der Waals surface area contributed by atoms with E-state index in [1.807, 2.05) is 0 Å². The standard InChI is InChI=1S/C15H22N4O2/c1-17-15(21)11-2-4-13(5-3-11)18-14(20)10-19-8-6-12(16)7-9-19/h2-5,12H,6-10,16H2,1H3,(H,17,21)(H,18,20). The smallest absolute Gasteiger partial charge is 0.251 e. The molecule has 4 N–H and O–H groups in total. The Hall–Kier alpha value is -1.92. The maximum Gasteiger partial charge on any atom is 0.251 e. The van der Waals surface area contributed by atoms with Crippen LogP contribution in [0.1, 0.15) is 23.2 Å². The highest BCUT2D eigenvalue weighted by molar-refractivity contribution is 5.96. The van der Waals surface area contributed by atoms with E-state index in [0.29, 0.717) is 17.8 Å². The fraction of sp³-hybridized carbons (Fsp3) is 0.467. The van der Waals surface area contributed by atoms with Gasteiger partial charge in [-0.3, -0.25) is 14.5 Å². The third kappa shape index (κ3) is 4.54. The second-order valence-electron chi connectivity index (χ2n) is 5.32. The van der Waals surface area contributed by atoms with Gasteiger partial charge >= 0.3 is 0 Å². The van der Waals surface area contributed by atoms with Crippen LogP contribution in [-0.4, -0.2) is 49.4 Å². The topological polar surface area (TPSA) is 87.5 Å². The average molecular weight is 290 g/mol. The zero-order valence-electron chi connectivity index (χ0n) is 12.3. The highest BCUT2D eigenvalue weighted by atomic mass is 16.2. The molecule has 2 rings (SSSR count). The molecule has 6 heteroatoms. The van der Waals surface area contributed by atoms with Crippen LogP contribution in [0.2, 0.25) is 0 Å². The number of carbonyl (C=O) groups excluding carboxylic acids is 2. The molecule has 114 valence electrons. The summed E-state index contributed by atoms with van der Waals surface area (Å²) in [6, 6.07) is 7.10. The van der Waals surface area contributed by atoms with E-state index in [1.165, 1.54) is 0 Å². The van der Waals surface area contributed by atoms with Gasteiger partial charge in [0.05, 0.1) is 6.54 Å². The Balaban J connectivity index is 1.83. The number of hydrogen-bond acceptors (Lipinski definition) is 4. The molecule has 1 aliphatic rings. The molecule has 1 aliphatic heterocycles. The summed E-state index contributed by atoms with van der Waals surface area (Å²) in [4.78, 5) is 25.5. The van der Waals surface area contributed by atoms with Crippen molar-refractivity contribution in [2.24, 2.45) is 5.73 Å². The van der Waals surface area contributed by atoms with Crippen molar-refractivity contribution in [1.29, 1.82) is 0 Å². The van der Waals surface area contributed by atoms with Crippen LogP contribution in [0.4, 0.5) is 5.69 Å². The van der Waals surface area contributed by atoms with Crippen molar-refractivity contribution < 1.29 is 9.59 Å². The molecule has 0 radical (unpaired) electrons. The lowest BCUT2D eigenvalue weighted by molar-refractivity contribution is -0.117. The van der Waals surface area contributed by atoms with Crippen LogP contribution in [0.5, 0.6) is 0 Å². The summed E-state index contributed by atoms with van der Waals surface area (Å²) in [5.41, 5.74) is 7.11. The van der Waals surface area contributed by atoms with Crippen molar-refractivity contribution in [1.82, 2.24) is 10.2 Å². The first-order valence-corrected chi connectivity index (χ1v) is 7.18. The maximum atomic E-state index is 12.0. The molecule has 21 heavy (non-hydrogen) atoms. The van der Waals surface area contributed by atoms with Crippen molar-refractivity contribution >= 4 is 17.5 Å². The van der Waals surface area contributed by atoms with Gasteiger partial charge in [-0.1, -0.05) is 0 Å². The van der Waals surface area contributed by atoms with Gasteiger partial charge in [-0.25, -0.2) is 0 Å². The first-order valence-electron chi connectivity index (χ1n) is 7.18. The maximum absolute atomic E-state index is 12.0. The van der Waals surface area contributed by atoms with Crippen LogP contribution in [-0.2, 0) is 4.79 Å². The fourth-order valence-corrected chi connectivity index (χ4v) is 2.36. The summed E-state index contributed by atoms with van der Waals surface area (Å²) in [6.45, 7) is 2.11. The first-order chi connectivity index (χ1) is 10.1. The second-order valence-corrected chi connectivity index (χ2v) is 5.32. The predicted molar refractivity (Wildman–Crippen MR) is 82.1 cm³/mol. The average Bonchev–Trinajstić information content (AvgIpc) is 2.49. The minimum atomic E-state index is -0.141. The summed E-state index contributed by atoms with van der Waals surface area (Å²) in [5, 5.41) is 5.40. The van der Waals surface area contributed by atoms with Gasteiger partial charge in [0.1, 0.15) is 0 Å². The van der Waals surface area contributed by atoms with Gasteiger partial charge < -0.3 is 16.4 Å². The molecule has 2 amide bonds. The number of piperidine rings is 1. The molecule has 0 atom stereocenters. The number of rotatable bonds is 4. The van der Waals surface area contributed by atoms with Crippen molar-refractivity contribution in [3.8, 4) is 0 Å². The van der Waals surface area contributed by atoms with E-state index in [4.69, 9.17) is 5.73 Å². The minimum absolute atomic E-state index is 0.0434. The number of amides is 2. The summed E-state index contributed by atoms with van der Waals surface area (Å²) in [5.74, 6) is -0.185. The lowest BCUT2D eigenvalue weighted by atomic mass is 10.1. The molecule has 0 spiro atoms. The Kier molecular flexibility index (Phi) is 5.30. The Morgan fingerprint density at radius 1 is 1.24 bits per heavy atom. The molecule has 6 nitrogen and oxygen atoms in total. The minimum Gasteiger partial charge on any atom is -0.355 e. The van der Waals surface area contributed by atoms with Crippen molar-refractivity contribution in [2.45, 2.75) is 18.9 Å². The molecular formula is C15H22N4O2. The fourth-order valence-electron chi connectivity index (χ4n) is 2.36. The van der Waals surface area contributed by atoms with Crippen molar-refractivity contribution in [3.05, 3.63) is 29.8 Å². The molecule has 0 aromatic heterocycles. The Labute approximate surface area is 124 Å². The zero-order chi connectivity index (χ0) is 15.2. The largest absolute Gasteiger partial charge is 0.355 e. The van der Waals surface area contributed by atoms with Gasteiger partial charge in [-0.2, -0.15) is 0 Å². The van der Waals surface area contributed by atoms with Crippen LogP contribution >= 0.6 is 0 Å². The number of nitrogens with two attached hydrogens (primary N) is 1. The number of nitrogens with zero attached hydrogens (tertiary/aromatic N) is 1. The summed E-state index contributed by atoms with van der Waals surface area (Å²) in [6.07, 6.45) is 1.88. The number of nitrogens with one attached hydrogen (secondary N) is 2. The van der Waals surface area contributed by atoms with Crippen LogP contribution in [0.3, 0.4) is 0 Å². The molecule has 0 aliphatic carbocycles. The van der Waals surface area contributed by atoms with Gasteiger partial charge in [0.2, 0.25) is 5.91 Å². The van der Waals surface area contributed by atoms with Gasteiger partial charge in [-0.15, -0.1) is 0 Å². The van der Waals surface area contributed by atoms with E-state index in [2.05, 4.69) is 15.5 Å². The second kappa shape index (κ2) is 7.19. The van der Waals surface area contributed by atoms with Gasteiger partial charge in [0, 0.05) is 37.4 Å². The lowest BCUT2D eigenvalue weighted by Crippen LogP contribution is -2.43. The molecule has 0 bridgehead atoms. The van der Waals surface area contributed by atoms with Gasteiger partial charge in [0.15, 0.2) is 0 Å². The molecule has 0 unspecified atom stereocenters. The highest BCUT2D eigenvalue weighted by Crippen LogP contribution is 2.11. The summed E-state index contributed by atoms with van der Waals surface area (Å²) >= 11 is 0. The molecule has 1 fully saturated rings. The summed E-state index contributed by atoms with van der Waals surface area (Å²) < 4.78 is 0. The number of anilines is 1. The quantitative estimate of drug-likeness (QED) is 0.749. The van der Waals surface area contributed by atoms with Gasteiger partial charge in [-0.05, 0) is 37.1 Å². The Morgan fingerprint density at radius 2 is 1.86 bits per heavy atom. The molecule has 1 aromatic rings. The molecular weight excluding hydrogens is 268 g/mol. The lowest BCUT2D eigenvalue weighted by Gasteiger charge is -2.29. The normalized spacial score (nSPS) is 16.5. The Morgan fingerprint density at radius 3 is 2.43 bits per heavy atom. The molecule has 1 heterocycles. The van der Waals surface area contributed by atoms with Gasteiger partial charge in [0.25, 0.3) is 5.91 Å². The first kappa shape index (κ1) is 15.5. The zero-order valence-corrected chi connectivity index (χ0v) is 12.3. The predicted octanol–water partition coefficient (Wildman–Crippen LogP) is 0.408. The number of carbonyl (C=O) groups is 2. The van der Waals surface area contributed by atoms with E-state index in [1.54, 1.807) is 31.3 Å². The number of benzene rings is 1. The van der Waals surface area contributed by atoms with Crippen LogP contribution in [0.15, 0.2) is 24.3 Å². The SMILES string of the molecule is CNC(=O)c1ccc(NC(=O)CN2CCC(N)CC2)cc1. The number of likely N-dealkylation sites (tertiary alicyclic amines) is 1. The van der Waals surface area contributed by atoms with E-state index < -0.39 is 0 Å². The van der Waals surface area contributed by atoms with Crippen molar-refractivity contribution in [2.75, 3.05) is 32.0 Å². The van der Waals surface area contributed by atoms with E-state index in [-0.39, 0.29) is 17.9 Å². The van der Waals surface area contributed by atoms with Crippen LogP contribution in [0, 0.1) is 0 Å². The molecule has 1 aromatic carbocycles. The highest BCUT2D eigenvalue weighted by Gasteiger charge is 2.18. The van der Waals surface area contributed by atoms with Crippen LogP contribution < -0.4 is 16.4 Å². The number of hydrogen-bond donors (Lipinski definition) is 3. The third-order valence-corrected chi connectivity index (χ3v) is 3.66. The Bertz CT molecular complexity index is 493. The molecule has 1 saturated heterocycles. The summed E-state index contributed by atoms with van der Waals surface area (Å²) in [7, 11) is 1.59. The van der Waals surface area contributed by atoms with E-state index in [0.717, 1.165) is 25.9 Å². The van der Waals surface area contributed by atoms with E-state index >= 15 is 0 Å². The van der Waals surface area contributed by atoms with Crippen LogP contribution in [0.25, 0.3) is 0 Å². The monoisotopic (exact) mass is 290 g/mol. The molecule has 0 saturated carbocycles. The van der Waals surface area contributed by atoms with E-state index in [9.17, 15) is 9.59 Å². The third-order valence-electron chi connectivity index (χ3n) is 3.66.